The van der Waals surface area contributed by atoms with Gasteiger partial charge < -0.3 is 9.88 Å². The minimum atomic E-state index is -0.0374. The van der Waals surface area contributed by atoms with Gasteiger partial charge in [-0.25, -0.2) is 9.97 Å². The maximum atomic E-state index is 5.06. The molecule has 4 heterocycles. The molecular formula is C26H30N8. The molecule has 5 aromatic rings. The molecule has 34 heavy (non-hydrogen) atoms. The number of aromatic nitrogens is 7. The fraction of sp³-hybridized carbons (Fsp3) is 0.346. The highest BCUT2D eigenvalue weighted by atomic mass is 15.3. The minimum Gasteiger partial charge on any atom is -0.365 e. The number of imidazole rings is 1. The molecule has 8 nitrogen and oxygen atoms in total. The van der Waals surface area contributed by atoms with E-state index < -0.39 is 0 Å². The van der Waals surface area contributed by atoms with Crippen LogP contribution < -0.4 is 5.32 Å². The van der Waals surface area contributed by atoms with Crippen molar-refractivity contribution in [3.8, 4) is 11.5 Å². The van der Waals surface area contributed by atoms with Gasteiger partial charge in [-0.2, -0.15) is 0 Å². The first-order valence-corrected chi connectivity index (χ1v) is 11.8. The molecule has 0 saturated carbocycles. The predicted octanol–water partition coefficient (Wildman–Crippen LogP) is 5.40. The second kappa shape index (κ2) is 8.52. The van der Waals surface area contributed by atoms with Gasteiger partial charge in [-0.3, -0.25) is 9.38 Å². The van der Waals surface area contributed by atoms with E-state index in [0.717, 1.165) is 34.1 Å². The van der Waals surface area contributed by atoms with E-state index in [2.05, 4.69) is 83.9 Å². The van der Waals surface area contributed by atoms with Crippen molar-refractivity contribution in [2.75, 3.05) is 5.32 Å². The van der Waals surface area contributed by atoms with Gasteiger partial charge in [0.2, 0.25) is 5.65 Å². The lowest BCUT2D eigenvalue weighted by Crippen LogP contribution is -2.14. The van der Waals surface area contributed by atoms with Crippen LogP contribution in [0.15, 0.2) is 48.8 Å². The van der Waals surface area contributed by atoms with Crippen LogP contribution in [0.5, 0.6) is 0 Å². The Balaban J connectivity index is 1.80. The minimum absolute atomic E-state index is 0.0374. The Morgan fingerprint density at radius 3 is 2.47 bits per heavy atom. The molecule has 0 spiro atoms. The molecule has 0 amide bonds. The van der Waals surface area contributed by atoms with Gasteiger partial charge in [0.05, 0.1) is 22.8 Å². The van der Waals surface area contributed by atoms with Gasteiger partial charge in [0.25, 0.3) is 0 Å². The number of pyridine rings is 1. The molecule has 0 aliphatic rings. The summed E-state index contributed by atoms with van der Waals surface area (Å²) >= 11 is 0. The van der Waals surface area contributed by atoms with E-state index in [1.165, 1.54) is 5.56 Å². The topological polar surface area (TPSA) is 85.8 Å². The van der Waals surface area contributed by atoms with Crippen LogP contribution in [0, 0.1) is 6.92 Å². The molecular weight excluding hydrogens is 424 g/mol. The highest BCUT2D eigenvalue weighted by Gasteiger charge is 2.23. The van der Waals surface area contributed by atoms with Gasteiger partial charge in [-0.1, -0.05) is 26.0 Å². The van der Waals surface area contributed by atoms with Crippen molar-refractivity contribution in [1.82, 2.24) is 34.1 Å². The first-order chi connectivity index (χ1) is 16.3. The monoisotopic (exact) mass is 454 g/mol. The summed E-state index contributed by atoms with van der Waals surface area (Å²) in [6.45, 7) is 12.7. The number of benzene rings is 1. The van der Waals surface area contributed by atoms with Crippen LogP contribution in [0.1, 0.15) is 63.7 Å². The Morgan fingerprint density at radius 2 is 1.76 bits per heavy atom. The average molecular weight is 455 g/mol. The summed E-state index contributed by atoms with van der Waals surface area (Å²) in [6.07, 6.45) is 3.81. The van der Waals surface area contributed by atoms with Crippen molar-refractivity contribution in [2.45, 2.75) is 59.5 Å². The number of anilines is 1. The molecule has 0 saturated heterocycles. The molecule has 0 aliphatic carbocycles. The average Bonchev–Trinajstić information content (AvgIpc) is 3.39. The SMILES string of the molecule is Cc1nnc2c(NC(C)C)nc(-c3nc4ccc(C(C)C)cc4n3[C@@H](C)c3ccccn3)cn12. The number of rotatable bonds is 6. The number of fused-ring (bicyclic) bond motifs is 2. The molecule has 5 rings (SSSR count). The van der Waals surface area contributed by atoms with E-state index >= 15 is 0 Å². The number of nitrogens with zero attached hydrogens (tertiary/aromatic N) is 7. The van der Waals surface area contributed by atoms with E-state index in [-0.39, 0.29) is 12.1 Å². The predicted molar refractivity (Wildman–Crippen MR) is 135 cm³/mol. The summed E-state index contributed by atoms with van der Waals surface area (Å²) in [5, 5.41) is 12.0. The van der Waals surface area contributed by atoms with E-state index in [1.807, 2.05) is 35.9 Å². The molecule has 1 atom stereocenters. The van der Waals surface area contributed by atoms with Gasteiger partial charge in [0, 0.05) is 18.4 Å². The zero-order valence-corrected chi connectivity index (χ0v) is 20.5. The number of nitrogens with one attached hydrogen (secondary N) is 1. The molecule has 0 radical (unpaired) electrons. The third-order valence-corrected chi connectivity index (χ3v) is 6.10. The van der Waals surface area contributed by atoms with E-state index in [1.54, 1.807) is 0 Å². The van der Waals surface area contributed by atoms with Crippen molar-refractivity contribution < 1.29 is 0 Å². The fourth-order valence-corrected chi connectivity index (χ4v) is 4.28. The van der Waals surface area contributed by atoms with E-state index in [9.17, 15) is 0 Å². The molecule has 0 unspecified atom stereocenters. The van der Waals surface area contributed by atoms with E-state index in [0.29, 0.717) is 17.4 Å². The smallest absolute Gasteiger partial charge is 0.203 e. The number of hydrogen-bond donors (Lipinski definition) is 1. The maximum absolute atomic E-state index is 5.06. The molecule has 8 heteroatoms. The quantitative estimate of drug-likeness (QED) is 0.370. The summed E-state index contributed by atoms with van der Waals surface area (Å²) in [4.78, 5) is 14.7. The second-order valence-corrected chi connectivity index (χ2v) is 9.35. The van der Waals surface area contributed by atoms with E-state index in [4.69, 9.17) is 9.97 Å². The van der Waals surface area contributed by atoms with Crippen molar-refractivity contribution in [1.29, 1.82) is 0 Å². The Hall–Kier alpha value is -3.81. The summed E-state index contributed by atoms with van der Waals surface area (Å²) < 4.78 is 4.22. The van der Waals surface area contributed by atoms with Crippen LogP contribution in [0.3, 0.4) is 0 Å². The zero-order valence-electron chi connectivity index (χ0n) is 20.5. The molecule has 1 aromatic carbocycles. The Kier molecular flexibility index (Phi) is 5.51. The van der Waals surface area contributed by atoms with Gasteiger partial charge in [0.15, 0.2) is 11.6 Å². The fourth-order valence-electron chi connectivity index (χ4n) is 4.28. The molecule has 0 bridgehead atoms. The molecule has 0 aliphatic heterocycles. The lowest BCUT2D eigenvalue weighted by Gasteiger charge is -2.18. The van der Waals surface area contributed by atoms with Crippen LogP contribution >= 0.6 is 0 Å². The third kappa shape index (κ3) is 3.79. The van der Waals surface area contributed by atoms with Crippen LogP contribution in [0.2, 0.25) is 0 Å². The summed E-state index contributed by atoms with van der Waals surface area (Å²) in [5.41, 5.74) is 5.71. The largest absolute Gasteiger partial charge is 0.365 e. The van der Waals surface area contributed by atoms with Crippen molar-refractivity contribution in [3.63, 3.8) is 0 Å². The van der Waals surface area contributed by atoms with Gasteiger partial charge >= 0.3 is 0 Å². The normalized spacial score (nSPS) is 12.8. The lowest BCUT2D eigenvalue weighted by atomic mass is 10.0. The summed E-state index contributed by atoms with van der Waals surface area (Å²) in [6, 6.07) is 12.7. The molecule has 4 aromatic heterocycles. The standard InChI is InChI=1S/C26H30N8/c1-15(2)19-10-11-21-23(13-19)34(17(5)20-9-7-8-12-27-20)25(30-21)22-14-33-18(6)31-32-26(33)24(29-22)28-16(3)4/h7-17H,1-6H3,(H,28,29)/t17-/m0/s1. The first kappa shape index (κ1) is 22.0. The Morgan fingerprint density at radius 1 is 0.941 bits per heavy atom. The van der Waals surface area contributed by atoms with Gasteiger partial charge in [-0.15, -0.1) is 10.2 Å². The second-order valence-electron chi connectivity index (χ2n) is 9.35. The van der Waals surface area contributed by atoms with Crippen molar-refractivity contribution in [3.05, 3.63) is 65.9 Å². The maximum Gasteiger partial charge on any atom is 0.203 e. The Bertz CT molecular complexity index is 1460. The molecule has 174 valence electrons. The molecule has 1 N–H and O–H groups in total. The first-order valence-electron chi connectivity index (χ1n) is 11.8. The Labute approximate surface area is 199 Å². The third-order valence-electron chi connectivity index (χ3n) is 6.10. The molecule has 0 fully saturated rings. The highest BCUT2D eigenvalue weighted by molar-refractivity contribution is 5.82. The van der Waals surface area contributed by atoms with Crippen molar-refractivity contribution >= 4 is 22.5 Å². The lowest BCUT2D eigenvalue weighted by molar-refractivity contribution is 0.643. The van der Waals surface area contributed by atoms with Crippen LogP contribution in [0.4, 0.5) is 5.82 Å². The van der Waals surface area contributed by atoms with Gasteiger partial charge in [0.1, 0.15) is 11.5 Å². The summed E-state index contributed by atoms with van der Waals surface area (Å²) in [5.74, 6) is 2.70. The highest BCUT2D eigenvalue weighted by Crippen LogP contribution is 2.33. The van der Waals surface area contributed by atoms with Gasteiger partial charge in [-0.05, 0) is 63.4 Å². The van der Waals surface area contributed by atoms with Crippen molar-refractivity contribution in [2.24, 2.45) is 0 Å². The van der Waals surface area contributed by atoms with Crippen LogP contribution in [-0.4, -0.2) is 40.2 Å². The number of hydrogen-bond acceptors (Lipinski definition) is 6. The summed E-state index contributed by atoms with van der Waals surface area (Å²) in [7, 11) is 0. The zero-order chi connectivity index (χ0) is 24.0. The van der Waals surface area contributed by atoms with Crippen LogP contribution in [-0.2, 0) is 0 Å². The number of aryl methyl sites for hydroxylation is 1. The van der Waals surface area contributed by atoms with Crippen LogP contribution in [0.25, 0.3) is 28.2 Å².